The van der Waals surface area contributed by atoms with E-state index in [4.69, 9.17) is 9.90 Å². The van der Waals surface area contributed by atoms with Crippen molar-refractivity contribution < 1.29 is 24.6 Å². The number of hydrogen-bond acceptors (Lipinski definition) is 6. The Kier molecular flexibility index (Phi) is 9.19. The van der Waals surface area contributed by atoms with Gasteiger partial charge < -0.3 is 20.8 Å². The van der Waals surface area contributed by atoms with Crippen molar-refractivity contribution in [1.29, 1.82) is 0 Å². The molecule has 0 aliphatic heterocycles. The van der Waals surface area contributed by atoms with Gasteiger partial charge in [0.25, 0.3) is 6.47 Å². The molecule has 1 aliphatic rings. The summed E-state index contributed by atoms with van der Waals surface area (Å²) in [6.07, 6.45) is 6.47. The molecule has 1 aromatic heterocycles. The van der Waals surface area contributed by atoms with Gasteiger partial charge in [-0.1, -0.05) is 35.5 Å². The van der Waals surface area contributed by atoms with Crippen LogP contribution in [-0.4, -0.2) is 62.2 Å². The van der Waals surface area contributed by atoms with Crippen LogP contribution in [0.4, 0.5) is 0 Å². The van der Waals surface area contributed by atoms with Gasteiger partial charge in [-0.3, -0.25) is 19.1 Å². The zero-order chi connectivity index (χ0) is 21.8. The quantitative estimate of drug-likeness (QED) is 0.369. The third-order valence-corrected chi connectivity index (χ3v) is 4.57. The first-order valence-electron chi connectivity index (χ1n) is 9.44. The summed E-state index contributed by atoms with van der Waals surface area (Å²) >= 11 is 0. The number of carbonyl (C=O) groups excluding carboxylic acids is 2. The van der Waals surface area contributed by atoms with Gasteiger partial charge >= 0.3 is 0 Å². The second kappa shape index (κ2) is 12.1. The number of amides is 2. The Hall–Kier alpha value is -3.53. The second-order valence-corrected chi connectivity index (χ2v) is 6.66. The number of nitrogens with one attached hydrogen (secondary N) is 2. The summed E-state index contributed by atoms with van der Waals surface area (Å²) in [7, 11) is 0. The molecule has 1 fully saturated rings. The second-order valence-electron chi connectivity index (χ2n) is 6.66. The summed E-state index contributed by atoms with van der Waals surface area (Å²) in [5.74, 6) is -0.722. The topological polar surface area (TPSA) is 146 Å². The van der Waals surface area contributed by atoms with Crippen LogP contribution in [0.25, 0.3) is 6.08 Å². The number of nitrogens with zero attached hydrogens (tertiary/aromatic N) is 3. The molecule has 1 saturated carbocycles. The Balaban J connectivity index is 0.00000101. The van der Waals surface area contributed by atoms with E-state index in [0.29, 0.717) is 25.9 Å². The van der Waals surface area contributed by atoms with Gasteiger partial charge in [0.2, 0.25) is 11.8 Å². The molecule has 0 unspecified atom stereocenters. The lowest BCUT2D eigenvalue weighted by Crippen LogP contribution is -2.39. The Bertz CT molecular complexity index is 825. The van der Waals surface area contributed by atoms with E-state index >= 15 is 0 Å². The fourth-order valence-corrected chi connectivity index (χ4v) is 3.14. The average molecular weight is 415 g/mol. The van der Waals surface area contributed by atoms with E-state index in [1.165, 1.54) is 6.08 Å². The van der Waals surface area contributed by atoms with Crippen LogP contribution in [0.5, 0.6) is 0 Å². The van der Waals surface area contributed by atoms with Crippen LogP contribution in [0.3, 0.4) is 0 Å². The number of carboxylic acid groups (broad SMARTS) is 1. The third-order valence-electron chi connectivity index (χ3n) is 4.57. The lowest BCUT2D eigenvalue weighted by atomic mass is 10.1. The minimum Gasteiger partial charge on any atom is -0.483 e. The van der Waals surface area contributed by atoms with Gasteiger partial charge in [0.1, 0.15) is 0 Å². The molecule has 3 rings (SSSR count). The van der Waals surface area contributed by atoms with Gasteiger partial charge in [0, 0.05) is 24.7 Å². The molecule has 0 radical (unpaired) electrons. The average Bonchev–Trinajstić information content (AvgIpc) is 3.38. The van der Waals surface area contributed by atoms with E-state index in [-0.39, 0.29) is 24.2 Å². The Morgan fingerprint density at radius 3 is 2.63 bits per heavy atom. The van der Waals surface area contributed by atoms with Crippen molar-refractivity contribution in [1.82, 2.24) is 25.6 Å². The molecular formula is C20H25N5O5. The maximum Gasteiger partial charge on any atom is 0.290 e. The zero-order valence-electron chi connectivity index (χ0n) is 16.3. The van der Waals surface area contributed by atoms with E-state index in [1.54, 1.807) is 23.2 Å². The van der Waals surface area contributed by atoms with Crippen molar-refractivity contribution in [2.45, 2.75) is 31.5 Å². The lowest BCUT2D eigenvalue weighted by molar-refractivity contribution is -0.125. The van der Waals surface area contributed by atoms with Crippen molar-refractivity contribution in [2.75, 3.05) is 6.54 Å². The van der Waals surface area contributed by atoms with Crippen molar-refractivity contribution in [3.63, 3.8) is 0 Å². The molecule has 0 saturated heterocycles. The monoisotopic (exact) mass is 415 g/mol. The Morgan fingerprint density at radius 1 is 1.23 bits per heavy atom. The van der Waals surface area contributed by atoms with Crippen molar-refractivity contribution in [2.24, 2.45) is 5.92 Å². The van der Waals surface area contributed by atoms with E-state index in [9.17, 15) is 14.7 Å². The molecule has 0 bridgehead atoms. The predicted molar refractivity (Wildman–Crippen MR) is 108 cm³/mol. The molecule has 2 aromatic rings. The fourth-order valence-electron chi connectivity index (χ4n) is 3.14. The normalized spacial score (nSPS) is 20.2. The summed E-state index contributed by atoms with van der Waals surface area (Å²) in [6, 6.07) is 9.06. The van der Waals surface area contributed by atoms with Gasteiger partial charge in [-0.15, -0.1) is 5.10 Å². The largest absolute Gasteiger partial charge is 0.483 e. The van der Waals surface area contributed by atoms with Gasteiger partial charge in [-0.25, -0.2) is 0 Å². The highest BCUT2D eigenvalue weighted by Gasteiger charge is 2.37. The molecule has 1 aliphatic carbocycles. The number of aromatic nitrogens is 3. The number of aliphatic hydroxyl groups excluding tert-OH is 1. The highest BCUT2D eigenvalue weighted by atomic mass is 16.3. The number of aliphatic hydroxyl groups is 1. The van der Waals surface area contributed by atoms with Crippen LogP contribution < -0.4 is 10.6 Å². The molecule has 3 atom stereocenters. The van der Waals surface area contributed by atoms with Crippen molar-refractivity contribution >= 4 is 24.4 Å². The molecule has 10 heteroatoms. The van der Waals surface area contributed by atoms with Gasteiger partial charge in [-0.05, 0) is 24.5 Å². The first-order valence-corrected chi connectivity index (χ1v) is 9.44. The predicted octanol–water partition coefficient (Wildman–Crippen LogP) is 0.0642. The molecule has 4 N–H and O–H groups in total. The Morgan fingerprint density at radius 2 is 1.97 bits per heavy atom. The fraction of sp³-hybridized carbons (Fsp3) is 0.350. The lowest BCUT2D eigenvalue weighted by Gasteiger charge is -2.15. The number of carbonyl (C=O) groups is 3. The first-order chi connectivity index (χ1) is 14.5. The number of hydrogen-bond donors (Lipinski definition) is 4. The van der Waals surface area contributed by atoms with Gasteiger partial charge in [0.15, 0.2) is 0 Å². The van der Waals surface area contributed by atoms with Crippen LogP contribution >= 0.6 is 0 Å². The summed E-state index contributed by atoms with van der Waals surface area (Å²) in [5, 5.41) is 30.2. The zero-order valence-corrected chi connectivity index (χ0v) is 16.3. The first kappa shape index (κ1) is 22.8. The van der Waals surface area contributed by atoms with E-state index in [1.807, 2.05) is 30.3 Å². The minimum absolute atomic E-state index is 0.120. The SMILES string of the molecule is O=C(/C=C/c1ccccc1)N[C@H]1C[C@H](C(=O)NCCn2ccnn2)C[C@@H]1O.O=CO. The van der Waals surface area contributed by atoms with Crippen molar-refractivity contribution in [3.05, 3.63) is 54.4 Å². The molecule has 160 valence electrons. The van der Waals surface area contributed by atoms with Gasteiger partial charge in [0.05, 0.1) is 24.9 Å². The summed E-state index contributed by atoms with van der Waals surface area (Å²) in [6.45, 7) is 0.719. The van der Waals surface area contributed by atoms with Crippen LogP contribution in [0, 0.1) is 5.92 Å². The third kappa shape index (κ3) is 7.47. The minimum atomic E-state index is -0.731. The van der Waals surface area contributed by atoms with E-state index in [0.717, 1.165) is 5.56 Å². The van der Waals surface area contributed by atoms with Crippen LogP contribution in [0.2, 0.25) is 0 Å². The smallest absolute Gasteiger partial charge is 0.290 e. The maximum atomic E-state index is 12.3. The molecule has 0 spiro atoms. The number of rotatable bonds is 7. The summed E-state index contributed by atoms with van der Waals surface area (Å²) < 4.78 is 1.63. The molecule has 30 heavy (non-hydrogen) atoms. The molecule has 10 nitrogen and oxygen atoms in total. The highest BCUT2D eigenvalue weighted by molar-refractivity contribution is 5.92. The van der Waals surface area contributed by atoms with Crippen LogP contribution in [0.1, 0.15) is 18.4 Å². The van der Waals surface area contributed by atoms with Gasteiger partial charge in [-0.2, -0.15) is 0 Å². The van der Waals surface area contributed by atoms with E-state index < -0.39 is 12.1 Å². The highest BCUT2D eigenvalue weighted by Crippen LogP contribution is 2.26. The molecule has 1 heterocycles. The molecular weight excluding hydrogens is 390 g/mol. The van der Waals surface area contributed by atoms with E-state index in [2.05, 4.69) is 20.9 Å². The summed E-state index contributed by atoms with van der Waals surface area (Å²) in [4.78, 5) is 32.7. The van der Waals surface area contributed by atoms with Crippen molar-refractivity contribution in [3.8, 4) is 0 Å². The summed E-state index contributed by atoms with van der Waals surface area (Å²) in [5.41, 5.74) is 0.921. The molecule has 1 aromatic carbocycles. The van der Waals surface area contributed by atoms with Crippen LogP contribution in [0.15, 0.2) is 48.8 Å². The number of benzene rings is 1. The van der Waals surface area contributed by atoms with Crippen LogP contribution in [-0.2, 0) is 20.9 Å². The maximum absolute atomic E-state index is 12.3. The standard InChI is InChI=1S/C19H23N5O3.CH2O2/c25-17-13-15(19(27)20-8-10-24-11-9-21-23-24)12-16(17)22-18(26)7-6-14-4-2-1-3-5-14;2-1-3/h1-7,9,11,15-17,25H,8,10,12-13H2,(H,20,27)(H,22,26);1H,(H,2,3)/b7-6+;/t15-,16-,17-;/m0./s1. The molecule has 2 amide bonds. The Labute approximate surface area is 173 Å².